The van der Waals surface area contributed by atoms with Crippen molar-refractivity contribution in [3.63, 3.8) is 0 Å². The van der Waals surface area contributed by atoms with Gasteiger partial charge < -0.3 is 10.4 Å². The lowest BCUT2D eigenvalue weighted by Gasteiger charge is -2.11. The summed E-state index contributed by atoms with van der Waals surface area (Å²) in [5.74, 6) is -0.516. The van der Waals surface area contributed by atoms with Crippen molar-refractivity contribution in [3.05, 3.63) is 82.0 Å². The molecule has 0 atom stereocenters. The molecule has 0 aliphatic rings. The Hall–Kier alpha value is -3.09. The fraction of sp³-hybridized carbons (Fsp3) is 0.0500. The van der Waals surface area contributed by atoms with E-state index in [0.29, 0.717) is 33.7 Å². The smallest absolute Gasteiger partial charge is 0.356 e. The zero-order chi connectivity index (χ0) is 19.7. The first-order valence-electron chi connectivity index (χ1n) is 8.38. The number of halogens is 2. The number of fused-ring (bicyclic) bond motifs is 1. The topological polar surface area (TPSA) is 79.5 Å². The van der Waals surface area contributed by atoms with E-state index in [4.69, 9.17) is 23.2 Å². The highest BCUT2D eigenvalue weighted by atomic mass is 35.5. The third-order valence-corrected chi connectivity index (χ3v) is 4.82. The van der Waals surface area contributed by atoms with E-state index in [-0.39, 0.29) is 5.69 Å². The molecule has 0 fully saturated rings. The van der Waals surface area contributed by atoms with Gasteiger partial charge in [0.2, 0.25) is 0 Å². The number of carboxylic acids is 1. The summed E-state index contributed by atoms with van der Waals surface area (Å²) in [5.41, 5.74) is 2.77. The van der Waals surface area contributed by atoms with Crippen LogP contribution in [-0.2, 0) is 6.54 Å². The van der Waals surface area contributed by atoms with E-state index < -0.39 is 5.97 Å². The lowest BCUT2D eigenvalue weighted by atomic mass is 10.1. The average molecular weight is 413 g/mol. The Bertz CT molecular complexity index is 1170. The fourth-order valence-corrected chi connectivity index (χ4v) is 3.13. The maximum atomic E-state index is 11.3. The number of anilines is 1. The molecule has 0 unspecified atom stereocenters. The zero-order valence-electron chi connectivity index (χ0n) is 14.4. The molecule has 0 radical (unpaired) electrons. The summed E-state index contributed by atoms with van der Waals surface area (Å²) in [6.45, 7) is 0.446. The number of hydrogen-bond donors (Lipinski definition) is 2. The van der Waals surface area contributed by atoms with Gasteiger partial charge in [0.25, 0.3) is 0 Å². The van der Waals surface area contributed by atoms with Crippen molar-refractivity contribution >= 4 is 40.6 Å². The summed E-state index contributed by atoms with van der Waals surface area (Å²) in [6.07, 6.45) is 0. The Morgan fingerprint density at radius 2 is 1.82 bits per heavy atom. The summed E-state index contributed by atoms with van der Waals surface area (Å²) < 4.78 is 1.47. The maximum absolute atomic E-state index is 11.3. The lowest BCUT2D eigenvalue weighted by molar-refractivity contribution is 0.0690. The Labute approximate surface area is 170 Å². The van der Waals surface area contributed by atoms with Crippen molar-refractivity contribution in [2.45, 2.75) is 6.54 Å². The second-order valence-corrected chi connectivity index (χ2v) is 6.93. The van der Waals surface area contributed by atoms with Gasteiger partial charge in [0.15, 0.2) is 11.3 Å². The van der Waals surface area contributed by atoms with Gasteiger partial charge in [0, 0.05) is 34.3 Å². The van der Waals surface area contributed by atoms with E-state index in [0.717, 1.165) is 11.1 Å². The van der Waals surface area contributed by atoms with Crippen molar-refractivity contribution in [2.24, 2.45) is 0 Å². The molecular weight excluding hydrogens is 399 g/mol. The number of nitrogens with zero attached hydrogens (tertiary/aromatic N) is 3. The monoisotopic (exact) mass is 412 g/mol. The Morgan fingerprint density at radius 1 is 1.07 bits per heavy atom. The zero-order valence-corrected chi connectivity index (χ0v) is 15.9. The molecule has 6 nitrogen and oxygen atoms in total. The first-order valence-corrected chi connectivity index (χ1v) is 9.14. The van der Waals surface area contributed by atoms with Crippen molar-refractivity contribution in [2.75, 3.05) is 5.32 Å². The number of benzene rings is 2. The van der Waals surface area contributed by atoms with Crippen LogP contribution in [0.4, 0.5) is 5.82 Å². The van der Waals surface area contributed by atoms with E-state index in [9.17, 15) is 9.90 Å². The van der Waals surface area contributed by atoms with Gasteiger partial charge in [0.05, 0.1) is 5.69 Å². The van der Waals surface area contributed by atoms with Crippen LogP contribution in [0.1, 0.15) is 16.1 Å². The summed E-state index contributed by atoms with van der Waals surface area (Å²) in [5, 5.41) is 18.0. The molecule has 8 heteroatoms. The second kappa shape index (κ2) is 7.50. The van der Waals surface area contributed by atoms with Crippen LogP contribution in [0.25, 0.3) is 16.9 Å². The van der Waals surface area contributed by atoms with Gasteiger partial charge in [-0.05, 0) is 23.8 Å². The van der Waals surface area contributed by atoms with Crippen LogP contribution < -0.4 is 5.32 Å². The molecule has 4 rings (SSSR count). The Balaban J connectivity index is 1.78. The molecule has 0 bridgehead atoms. The molecule has 0 saturated heterocycles. The minimum atomic E-state index is -1.12. The number of carboxylic acid groups (broad SMARTS) is 1. The van der Waals surface area contributed by atoms with Gasteiger partial charge in [-0.1, -0.05) is 53.5 Å². The number of aromatic nitrogens is 3. The van der Waals surface area contributed by atoms with Crippen molar-refractivity contribution in [1.82, 2.24) is 14.6 Å². The molecule has 2 heterocycles. The Morgan fingerprint density at radius 3 is 2.54 bits per heavy atom. The van der Waals surface area contributed by atoms with E-state index in [1.807, 2.05) is 42.5 Å². The second-order valence-electron chi connectivity index (χ2n) is 6.08. The molecule has 0 amide bonds. The molecule has 4 aromatic rings. The standard InChI is InChI=1S/C20H14Cl2N4O2/c21-14-7-5-12(6-8-14)16-9-18(23-11-13-3-1-2-4-15(13)22)26-19(24-16)10-17(25-26)20(27)28/h1-10,23H,11H2,(H,27,28). The molecule has 2 aromatic carbocycles. The minimum Gasteiger partial charge on any atom is -0.476 e. The average Bonchev–Trinajstić information content (AvgIpc) is 3.12. The third kappa shape index (κ3) is 3.65. The van der Waals surface area contributed by atoms with Crippen LogP contribution in [0.5, 0.6) is 0 Å². The highest BCUT2D eigenvalue weighted by Crippen LogP contribution is 2.25. The third-order valence-electron chi connectivity index (χ3n) is 4.20. The first-order chi connectivity index (χ1) is 13.5. The molecule has 0 saturated carbocycles. The molecule has 2 aromatic heterocycles. The van der Waals surface area contributed by atoms with Crippen LogP contribution in [0, 0.1) is 0 Å². The molecule has 28 heavy (non-hydrogen) atoms. The van der Waals surface area contributed by atoms with Gasteiger partial charge in [-0.2, -0.15) is 9.61 Å². The van der Waals surface area contributed by atoms with Crippen LogP contribution in [0.15, 0.2) is 60.7 Å². The van der Waals surface area contributed by atoms with Crippen LogP contribution >= 0.6 is 23.2 Å². The quantitative estimate of drug-likeness (QED) is 0.481. The first kappa shape index (κ1) is 18.3. The largest absolute Gasteiger partial charge is 0.476 e. The van der Waals surface area contributed by atoms with Gasteiger partial charge in [0.1, 0.15) is 5.82 Å². The van der Waals surface area contributed by atoms with Gasteiger partial charge >= 0.3 is 5.97 Å². The van der Waals surface area contributed by atoms with E-state index in [1.54, 1.807) is 12.1 Å². The fourth-order valence-electron chi connectivity index (χ4n) is 2.80. The normalized spacial score (nSPS) is 10.9. The molecular formula is C20H14Cl2N4O2. The number of carbonyl (C=O) groups is 1. The number of aromatic carboxylic acids is 1. The minimum absolute atomic E-state index is 0.0819. The van der Waals surface area contributed by atoms with E-state index in [1.165, 1.54) is 10.6 Å². The lowest BCUT2D eigenvalue weighted by Crippen LogP contribution is -2.07. The van der Waals surface area contributed by atoms with Crippen molar-refractivity contribution < 1.29 is 9.90 Å². The summed E-state index contributed by atoms with van der Waals surface area (Å²) in [4.78, 5) is 15.9. The predicted molar refractivity (Wildman–Crippen MR) is 109 cm³/mol. The van der Waals surface area contributed by atoms with Gasteiger partial charge in [-0.3, -0.25) is 0 Å². The van der Waals surface area contributed by atoms with Crippen LogP contribution in [-0.4, -0.2) is 25.7 Å². The molecule has 140 valence electrons. The Kier molecular flexibility index (Phi) is 4.90. The van der Waals surface area contributed by atoms with Gasteiger partial charge in [-0.25, -0.2) is 9.78 Å². The number of hydrogen-bond acceptors (Lipinski definition) is 4. The van der Waals surface area contributed by atoms with E-state index in [2.05, 4.69) is 15.4 Å². The number of rotatable bonds is 5. The van der Waals surface area contributed by atoms with Crippen molar-refractivity contribution in [1.29, 1.82) is 0 Å². The molecule has 0 spiro atoms. The predicted octanol–water partition coefficient (Wildman–Crippen LogP) is 5.01. The van der Waals surface area contributed by atoms with Gasteiger partial charge in [-0.15, -0.1) is 0 Å². The highest BCUT2D eigenvalue weighted by Gasteiger charge is 2.15. The SMILES string of the molecule is O=C(O)c1cc2nc(-c3ccc(Cl)cc3)cc(NCc3ccccc3Cl)n2n1. The van der Waals surface area contributed by atoms with E-state index >= 15 is 0 Å². The van der Waals surface area contributed by atoms with Crippen molar-refractivity contribution in [3.8, 4) is 11.3 Å². The highest BCUT2D eigenvalue weighted by molar-refractivity contribution is 6.31. The molecule has 0 aliphatic heterocycles. The summed E-state index contributed by atoms with van der Waals surface area (Å²) >= 11 is 12.2. The number of nitrogens with one attached hydrogen (secondary N) is 1. The van der Waals surface area contributed by atoms with Crippen LogP contribution in [0.3, 0.4) is 0 Å². The summed E-state index contributed by atoms with van der Waals surface area (Å²) in [6, 6.07) is 18.0. The maximum Gasteiger partial charge on any atom is 0.356 e. The van der Waals surface area contributed by atoms with Crippen LogP contribution in [0.2, 0.25) is 10.0 Å². The summed E-state index contributed by atoms with van der Waals surface area (Å²) in [7, 11) is 0. The molecule has 0 aliphatic carbocycles. The molecule has 2 N–H and O–H groups in total.